The molecule has 0 N–H and O–H groups in total. The Morgan fingerprint density at radius 2 is 1.95 bits per heavy atom. The van der Waals surface area contributed by atoms with Gasteiger partial charge in [-0.25, -0.2) is 0 Å². The molecule has 0 saturated carbocycles. The summed E-state index contributed by atoms with van der Waals surface area (Å²) < 4.78 is 4.55. The zero-order valence-electron chi connectivity index (χ0n) is 13.5. The van der Waals surface area contributed by atoms with Crippen LogP contribution in [0.1, 0.15) is 59.8 Å². The maximum Gasteiger partial charge on any atom is 0.293 e. The average Bonchev–Trinajstić information content (AvgIpc) is 2.38. The van der Waals surface area contributed by atoms with E-state index in [0.29, 0.717) is 12.4 Å². The van der Waals surface area contributed by atoms with Gasteiger partial charge in [-0.3, -0.25) is 4.79 Å². The summed E-state index contributed by atoms with van der Waals surface area (Å²) in [6.45, 7) is 11.8. The van der Waals surface area contributed by atoms with E-state index < -0.39 is 0 Å². The van der Waals surface area contributed by atoms with E-state index in [2.05, 4.69) is 22.6 Å². The lowest BCUT2D eigenvalue weighted by Crippen LogP contribution is -2.34. The van der Waals surface area contributed by atoms with Gasteiger partial charge in [-0.05, 0) is 65.6 Å². The van der Waals surface area contributed by atoms with Crippen LogP contribution >= 0.6 is 0 Å². The fourth-order valence-electron chi connectivity index (χ4n) is 2.07. The maximum atomic E-state index is 9.60. The Bertz CT molecular complexity index is 284. The van der Waals surface area contributed by atoms with Crippen molar-refractivity contribution in [2.45, 2.75) is 65.4 Å². The van der Waals surface area contributed by atoms with Crippen LogP contribution in [0.4, 0.5) is 0 Å². The fourth-order valence-corrected chi connectivity index (χ4v) is 2.07. The number of hydrogen-bond acceptors (Lipinski definition) is 4. The molecule has 0 aromatic carbocycles. The van der Waals surface area contributed by atoms with E-state index in [1.54, 1.807) is 0 Å². The summed E-state index contributed by atoms with van der Waals surface area (Å²) in [5.41, 5.74) is -0.318. The van der Waals surface area contributed by atoms with Crippen molar-refractivity contribution in [1.82, 2.24) is 4.90 Å². The molecule has 0 unspecified atom stereocenters. The first kappa shape index (κ1) is 18.9. The summed E-state index contributed by atoms with van der Waals surface area (Å²) in [7, 11) is 0. The molecule has 0 amide bonds. The highest BCUT2D eigenvalue weighted by atomic mass is 16.5. The van der Waals surface area contributed by atoms with Crippen LogP contribution in [0.2, 0.25) is 0 Å². The quantitative estimate of drug-likeness (QED) is 0.725. The molecule has 4 nitrogen and oxygen atoms in total. The molecule has 0 radical (unpaired) electrons. The normalized spacial score (nSPS) is 16.8. The lowest BCUT2D eigenvalue weighted by molar-refractivity contribution is -0.138. The first-order chi connectivity index (χ1) is 9.42. The Kier molecular flexibility index (Phi) is 10.1. The predicted molar refractivity (Wildman–Crippen MR) is 81.2 cm³/mol. The average molecular weight is 282 g/mol. The molecule has 20 heavy (non-hydrogen) atoms. The van der Waals surface area contributed by atoms with E-state index in [0.717, 1.165) is 6.42 Å². The minimum atomic E-state index is -0.318. The zero-order chi connectivity index (χ0) is 15.4. The van der Waals surface area contributed by atoms with E-state index >= 15 is 0 Å². The van der Waals surface area contributed by atoms with Crippen molar-refractivity contribution in [3.63, 3.8) is 0 Å². The van der Waals surface area contributed by atoms with E-state index in [1.807, 2.05) is 20.8 Å². The van der Waals surface area contributed by atoms with Crippen molar-refractivity contribution in [2.24, 2.45) is 5.92 Å². The highest BCUT2D eigenvalue weighted by molar-refractivity contribution is 5.37. The van der Waals surface area contributed by atoms with Gasteiger partial charge in [-0.15, -0.1) is 0 Å². The third kappa shape index (κ3) is 10.8. The van der Waals surface area contributed by atoms with Gasteiger partial charge in [0.1, 0.15) is 5.60 Å². The van der Waals surface area contributed by atoms with Crippen molar-refractivity contribution in [3.8, 4) is 6.07 Å². The number of carbonyl (C=O) groups excluding carboxylic acids is 1. The molecule has 0 aromatic rings. The second-order valence-electron chi connectivity index (χ2n) is 6.33. The first-order valence-corrected chi connectivity index (χ1v) is 7.63. The van der Waals surface area contributed by atoms with Gasteiger partial charge in [0.2, 0.25) is 0 Å². The topological polar surface area (TPSA) is 53.3 Å². The Labute approximate surface area is 124 Å². The summed E-state index contributed by atoms with van der Waals surface area (Å²) in [6.07, 6.45) is 5.84. The molecule has 116 valence electrons. The van der Waals surface area contributed by atoms with Crippen LogP contribution in [-0.2, 0) is 9.53 Å². The number of likely N-dealkylation sites (tertiary alicyclic amines) is 1. The van der Waals surface area contributed by atoms with E-state index in [4.69, 9.17) is 5.26 Å². The van der Waals surface area contributed by atoms with Gasteiger partial charge in [0.25, 0.3) is 6.47 Å². The maximum absolute atomic E-state index is 9.60. The van der Waals surface area contributed by atoms with Gasteiger partial charge in [0, 0.05) is 6.42 Å². The second kappa shape index (κ2) is 10.7. The molecule has 1 aliphatic heterocycles. The number of unbranched alkanes of at least 4 members (excludes halogenated alkanes) is 1. The van der Waals surface area contributed by atoms with Gasteiger partial charge in [0.15, 0.2) is 0 Å². The minimum absolute atomic E-state index is 0.318. The molecule has 1 aliphatic rings. The van der Waals surface area contributed by atoms with Crippen molar-refractivity contribution >= 4 is 6.47 Å². The van der Waals surface area contributed by atoms with Crippen molar-refractivity contribution in [1.29, 1.82) is 5.26 Å². The molecule has 0 spiro atoms. The Balaban J connectivity index is 0.000000441. The minimum Gasteiger partial charge on any atom is -0.462 e. The van der Waals surface area contributed by atoms with E-state index in [-0.39, 0.29) is 5.60 Å². The van der Waals surface area contributed by atoms with Gasteiger partial charge in [-0.1, -0.05) is 13.3 Å². The van der Waals surface area contributed by atoms with Crippen molar-refractivity contribution in [2.75, 3.05) is 19.6 Å². The molecule has 0 aliphatic carbocycles. The molecule has 0 atom stereocenters. The highest BCUT2D eigenvalue weighted by Crippen LogP contribution is 2.19. The smallest absolute Gasteiger partial charge is 0.293 e. The number of hydrogen-bond donors (Lipinski definition) is 0. The second-order valence-corrected chi connectivity index (χ2v) is 6.33. The Morgan fingerprint density at radius 3 is 2.30 bits per heavy atom. The van der Waals surface area contributed by atoms with Gasteiger partial charge in [0.05, 0.1) is 6.07 Å². The monoisotopic (exact) mass is 282 g/mol. The summed E-state index contributed by atoms with van der Waals surface area (Å²) >= 11 is 0. The van der Waals surface area contributed by atoms with Crippen LogP contribution in [-0.4, -0.2) is 36.6 Å². The lowest BCUT2D eigenvalue weighted by Gasteiger charge is -2.30. The molecular formula is C16H30N2O2. The van der Waals surface area contributed by atoms with Gasteiger partial charge < -0.3 is 9.64 Å². The van der Waals surface area contributed by atoms with Crippen LogP contribution in [0, 0.1) is 17.2 Å². The summed E-state index contributed by atoms with van der Waals surface area (Å²) in [5.74, 6) is 0.683. The predicted octanol–water partition coefficient (Wildman–Crippen LogP) is 3.37. The third-order valence-electron chi connectivity index (χ3n) is 3.32. The van der Waals surface area contributed by atoms with Crippen LogP contribution in [0.25, 0.3) is 0 Å². The number of rotatable bonds is 5. The van der Waals surface area contributed by atoms with Crippen LogP contribution in [0.5, 0.6) is 0 Å². The third-order valence-corrected chi connectivity index (χ3v) is 3.32. The molecule has 1 heterocycles. The standard InChI is InChI=1S/C11H20N2.C5H10O2/c1-2-3-8-13-9-5-11(4-7-12)6-10-13;1-5(2,3)7-4-6/h11H,2-6,8-10H2,1H3;4H,1-3H3. The van der Waals surface area contributed by atoms with Gasteiger partial charge >= 0.3 is 0 Å². The Hall–Kier alpha value is -1.08. The van der Waals surface area contributed by atoms with Gasteiger partial charge in [-0.2, -0.15) is 5.26 Å². The molecular weight excluding hydrogens is 252 g/mol. The molecule has 1 fully saturated rings. The molecule has 1 saturated heterocycles. The number of nitrogens with zero attached hydrogens (tertiary/aromatic N) is 2. The number of nitriles is 1. The zero-order valence-corrected chi connectivity index (χ0v) is 13.5. The largest absolute Gasteiger partial charge is 0.462 e. The highest BCUT2D eigenvalue weighted by Gasteiger charge is 2.17. The number of carbonyl (C=O) groups is 1. The summed E-state index contributed by atoms with van der Waals surface area (Å²) in [6, 6.07) is 2.28. The fraction of sp³-hybridized carbons (Fsp3) is 0.875. The molecule has 0 aromatic heterocycles. The molecule has 1 rings (SSSR count). The van der Waals surface area contributed by atoms with Crippen molar-refractivity contribution < 1.29 is 9.53 Å². The molecule has 0 bridgehead atoms. The SMILES string of the molecule is CC(C)(C)OC=O.CCCCN1CCC(CC#N)CC1. The lowest BCUT2D eigenvalue weighted by atomic mass is 9.94. The number of piperidine rings is 1. The van der Waals surface area contributed by atoms with E-state index in [9.17, 15) is 4.79 Å². The van der Waals surface area contributed by atoms with Crippen LogP contribution in [0.3, 0.4) is 0 Å². The molecule has 4 heteroatoms. The summed E-state index contributed by atoms with van der Waals surface area (Å²) in [5, 5.41) is 8.56. The first-order valence-electron chi connectivity index (χ1n) is 7.63. The van der Waals surface area contributed by atoms with Crippen LogP contribution in [0.15, 0.2) is 0 Å². The van der Waals surface area contributed by atoms with Crippen LogP contribution < -0.4 is 0 Å². The van der Waals surface area contributed by atoms with E-state index in [1.165, 1.54) is 45.3 Å². The number of ether oxygens (including phenoxy) is 1. The summed E-state index contributed by atoms with van der Waals surface area (Å²) in [4.78, 5) is 12.1. The van der Waals surface area contributed by atoms with Crippen molar-refractivity contribution in [3.05, 3.63) is 0 Å². The Morgan fingerprint density at radius 1 is 1.35 bits per heavy atom.